The Morgan fingerprint density at radius 3 is 1.33 bits per heavy atom. The Bertz CT molecular complexity index is 6180. The zero-order valence-electron chi connectivity index (χ0n) is 73.1. The molecule has 0 spiro atoms. The van der Waals surface area contributed by atoms with Crippen LogP contribution in [-0.4, -0.2) is 267 Å². The number of nitrogens with one attached hydrogen (secondary N) is 4. The van der Waals surface area contributed by atoms with Gasteiger partial charge < -0.3 is 65.4 Å². The number of carboxylic acids is 4. The van der Waals surface area contributed by atoms with Gasteiger partial charge in [0, 0.05) is 163 Å². The first-order chi connectivity index (χ1) is 65.8. The lowest BCUT2D eigenvalue weighted by molar-refractivity contribution is -0.161. The number of nitrogens with zero attached hydrogens (tertiary/aromatic N) is 12. The second-order valence-corrected chi connectivity index (χ2v) is 38.1. The van der Waals surface area contributed by atoms with E-state index in [0.29, 0.717) is 46.2 Å². The number of piperidine rings is 1. The lowest BCUT2D eigenvalue weighted by Gasteiger charge is -2.42. The Hall–Kier alpha value is -11.3. The van der Waals surface area contributed by atoms with Crippen LogP contribution in [-0.2, 0) is 62.0 Å². The molecule has 8 aliphatic rings. The molecule has 0 amide bonds. The van der Waals surface area contributed by atoms with Crippen molar-refractivity contribution in [2.45, 2.75) is 92.7 Å². The first kappa shape index (κ1) is 105. The van der Waals surface area contributed by atoms with Gasteiger partial charge in [0.25, 0.3) is 17.8 Å². The number of carbonyl (C=O) groups is 8. The Morgan fingerprint density at radius 2 is 0.921 bits per heavy atom. The van der Waals surface area contributed by atoms with Crippen LogP contribution in [0.2, 0.25) is 20.1 Å². The summed E-state index contributed by atoms with van der Waals surface area (Å²) >= 11 is 33.3. The highest BCUT2D eigenvalue weighted by atomic mass is 79.9. The van der Waals surface area contributed by atoms with Gasteiger partial charge in [0.15, 0.2) is 55.0 Å². The number of thiazole rings is 4. The van der Waals surface area contributed by atoms with Crippen LogP contribution >= 0.6 is 108 Å². The molecule has 4 aromatic carbocycles. The summed E-state index contributed by atoms with van der Waals surface area (Å²) in [6, 6.07) is 7.27. The Labute approximate surface area is 827 Å². The first-order valence-corrected chi connectivity index (χ1v) is 47.0. The van der Waals surface area contributed by atoms with Crippen molar-refractivity contribution in [3.63, 3.8) is 0 Å². The van der Waals surface area contributed by atoms with E-state index >= 15 is 0 Å². The van der Waals surface area contributed by atoms with Crippen molar-refractivity contribution >= 4 is 179 Å². The number of esters is 4. The highest BCUT2D eigenvalue weighted by Gasteiger charge is 2.53. The number of rotatable bonds is 24. The quantitative estimate of drug-likeness (QED) is 0.0121. The van der Waals surface area contributed by atoms with Crippen molar-refractivity contribution in [2.75, 3.05) is 101 Å². The number of methoxy groups -OCH3 is 4. The molecule has 12 heterocycles. The summed E-state index contributed by atoms with van der Waals surface area (Å²) in [5.74, 6) is -21.7. The highest BCUT2D eigenvalue weighted by molar-refractivity contribution is 9.10. The van der Waals surface area contributed by atoms with E-state index in [9.17, 15) is 103 Å². The van der Waals surface area contributed by atoms with Crippen LogP contribution in [0.1, 0.15) is 98.3 Å². The van der Waals surface area contributed by atoms with Gasteiger partial charge in [-0.25, -0.2) is 83.0 Å². The average molecular weight is 2160 g/mol. The molecule has 4 fully saturated rings. The molecule has 0 saturated carbocycles. The summed E-state index contributed by atoms with van der Waals surface area (Å²) in [7, 11) is 4.67. The van der Waals surface area contributed by atoms with Crippen molar-refractivity contribution in [3.05, 3.63) is 248 Å². The largest absolute Gasteiger partial charge is 0.481 e. The van der Waals surface area contributed by atoms with E-state index in [1.165, 1.54) is 114 Å². The number of alkyl halides is 6. The minimum absolute atomic E-state index is 0.00512. The maximum atomic E-state index is 14.4. The summed E-state index contributed by atoms with van der Waals surface area (Å²) in [6.07, 6.45) is 2.23. The number of ether oxygens (including phenoxy) is 5. The van der Waals surface area contributed by atoms with Crippen molar-refractivity contribution in [3.8, 4) is 0 Å². The third-order valence-corrected chi connectivity index (χ3v) is 27.9. The number of hydrogen-bond donors (Lipinski definition) is 8. The van der Waals surface area contributed by atoms with E-state index in [1.54, 1.807) is 64.1 Å². The number of carboxylic acid groups (broad SMARTS) is 4. The maximum absolute atomic E-state index is 14.4. The van der Waals surface area contributed by atoms with Crippen LogP contribution in [0, 0.1) is 36.1 Å². The van der Waals surface area contributed by atoms with E-state index in [0.717, 1.165) is 41.8 Å². The van der Waals surface area contributed by atoms with E-state index in [1.807, 2.05) is 0 Å². The SMILES string of the molecule is COC(=O)C1=C(CN2CC(F)(F)C[C@H]2C(=O)O)NC(c2nccs2)=N[C@H]1c1ccc(Cl)cc1Cl.COC(=O)C1=C(CN2CC(F)(F)C[C@H]2C(=O)O)NC(c2nccs2)=N[C@H]1c1ccc(F)cc1Br.COC(=O)C1=C(CN2CCOC[C@]2(C)C(=O)O)NC(c2nccs2)=N[C@H]1c1ccc(F)c(F)c1Cl.COC(=O)C1=C(CN2C[C@H](C(=O)O)CC(F)(F)C2)NC(c2nc(C)cs2)=N[C@H]1c1ccc(F)cc1Cl. The number of hydrogen-bond acceptors (Lipinski definition) is 33. The number of halogens is 15. The number of carbonyl (C=O) groups excluding carboxylic acids is 4. The van der Waals surface area contributed by atoms with E-state index < -0.39 is 180 Å². The molecule has 0 radical (unpaired) electrons. The number of aromatic nitrogens is 4. The van der Waals surface area contributed by atoms with Crippen molar-refractivity contribution in [2.24, 2.45) is 25.9 Å². The van der Waals surface area contributed by atoms with Crippen LogP contribution in [0.15, 0.2) is 176 Å². The average Bonchev–Trinajstić information content (AvgIpc) is 1.64. The molecule has 33 nitrogen and oxygen atoms in total. The molecule has 8 aromatic rings. The Morgan fingerprint density at radius 1 is 0.511 bits per heavy atom. The van der Waals surface area contributed by atoms with Crippen LogP contribution in [0.3, 0.4) is 0 Å². The molecule has 139 heavy (non-hydrogen) atoms. The monoisotopic (exact) mass is 2160 g/mol. The van der Waals surface area contributed by atoms with Crippen LogP contribution < -0.4 is 21.3 Å². The summed E-state index contributed by atoms with van der Waals surface area (Å²) in [4.78, 5) is 139. The van der Waals surface area contributed by atoms with E-state index in [4.69, 9.17) is 70.1 Å². The van der Waals surface area contributed by atoms with Gasteiger partial charge in [0.05, 0.1) is 94.5 Å². The fourth-order valence-corrected chi connectivity index (χ4v) is 20.3. The molecule has 0 aliphatic carbocycles. The van der Waals surface area contributed by atoms with Gasteiger partial charge in [-0.3, -0.25) is 58.7 Å². The molecule has 16 rings (SSSR count). The number of benzene rings is 4. The number of aliphatic carboxylic acids is 4. The molecule has 0 unspecified atom stereocenters. The summed E-state index contributed by atoms with van der Waals surface area (Å²) in [6.45, 7) is 0.550. The maximum Gasteiger partial charge on any atom is 0.338 e. The van der Waals surface area contributed by atoms with Crippen LogP contribution in [0.25, 0.3) is 0 Å². The highest BCUT2D eigenvalue weighted by Crippen LogP contribution is 2.46. The smallest absolute Gasteiger partial charge is 0.338 e. The second-order valence-electron chi connectivity index (χ2n) is 32.1. The Balaban J connectivity index is 0.000000156. The lowest BCUT2D eigenvalue weighted by atomic mass is 9.93. The van der Waals surface area contributed by atoms with Gasteiger partial charge in [0.1, 0.15) is 53.4 Å². The van der Waals surface area contributed by atoms with Crippen molar-refractivity contribution < 1.29 is 126 Å². The van der Waals surface area contributed by atoms with Gasteiger partial charge >= 0.3 is 47.8 Å². The third-order valence-electron chi connectivity index (χ3n) is 22.6. The molecule has 4 aromatic heterocycles. The lowest BCUT2D eigenvalue weighted by Crippen LogP contribution is -2.61. The van der Waals surface area contributed by atoms with Gasteiger partial charge in [-0.1, -0.05) is 86.6 Å². The summed E-state index contributed by atoms with van der Waals surface area (Å²) < 4.78 is 167. The predicted octanol–water partition coefficient (Wildman–Crippen LogP) is 13.7. The van der Waals surface area contributed by atoms with Crippen molar-refractivity contribution in [1.29, 1.82) is 0 Å². The number of likely N-dealkylation sites (tertiary alicyclic amines) is 3. The molecule has 738 valence electrons. The van der Waals surface area contributed by atoms with E-state index in [2.05, 4.69) is 77.1 Å². The molecule has 4 saturated heterocycles. The number of aliphatic imine (C=N–C) groups is 4. The second kappa shape index (κ2) is 44.3. The number of amidine groups is 4. The topological polar surface area (TPSA) is 426 Å². The minimum atomic E-state index is -3.23. The fourth-order valence-electron chi connectivity index (χ4n) is 16.1. The normalized spacial score (nSPS) is 22.4. The van der Waals surface area contributed by atoms with Gasteiger partial charge in [0.2, 0.25) is 0 Å². The Kier molecular flexibility index (Phi) is 33.5. The molecular formula is C87H79BrCl4F10N16O17S4. The van der Waals surface area contributed by atoms with Crippen LogP contribution in [0.5, 0.6) is 0 Å². The molecule has 0 bridgehead atoms. The molecule has 52 heteroatoms. The first-order valence-electron chi connectivity index (χ1n) is 41.2. The summed E-state index contributed by atoms with van der Waals surface area (Å²) in [5, 5.41) is 59.2. The minimum Gasteiger partial charge on any atom is -0.481 e. The zero-order valence-corrected chi connectivity index (χ0v) is 81.0. The molecular weight excluding hydrogens is 2080 g/mol. The van der Waals surface area contributed by atoms with Gasteiger partial charge in [-0.05, 0) is 61.9 Å². The summed E-state index contributed by atoms with van der Waals surface area (Å²) in [5.41, 5.74) is 1.33. The zero-order chi connectivity index (χ0) is 101. The number of morpholine rings is 1. The van der Waals surface area contributed by atoms with Crippen molar-refractivity contribution in [1.82, 2.24) is 60.8 Å². The third kappa shape index (κ3) is 24.3. The fraction of sp³-hybridized carbons (Fsp3) is 0.356. The van der Waals surface area contributed by atoms with Gasteiger partial charge in [-0.2, -0.15) is 0 Å². The van der Waals surface area contributed by atoms with Crippen LogP contribution in [0.4, 0.5) is 43.9 Å². The van der Waals surface area contributed by atoms with Gasteiger partial charge in [-0.15, -0.1) is 45.3 Å². The molecule has 8 aliphatic heterocycles. The standard InChI is InChI=1S/C23H22ClF3N4O4S.C22H21ClF2N4O5S.C21H18BrF3N4O4S.C21H18Cl2F2N4O4S/c1-11-9-36-20(28-11)19-29-16(8-31-7-12(21(32)33)6-23(26,27)10-31)17(22(34)35-2)18(30-19)14-4-3-13(25)5-15(14)24;1-22(21(31)32)10-34-7-6-29(22)9-13-14(20(30)33-2)17(11-3-4-12(24)16(25)15(11)23)28-18(27-13)19-26-5-8-35-19;1-33-20(32)15-13(8-29-9-21(24,25)7-14(29)19(30)31)27-17(18-26-4-5-34-18)28-16(15)11-3-2-10(23)6-12(11)22;1-33-20(32)15-13(8-29-9-21(24,25)7-14(29)19(30)31)27-17(18-26-4-5-34-18)28-16(15)11-3-2-10(22)6-12(11)23/h3-5,9,12,18H,6-8,10H2,1-2H3,(H,29,30)(H,32,33);3-5,8,17H,6-7,9-10H2,1-2H3,(H,27,28)(H,31,32);2*2-6,14,16H,7-9H2,1H3,(H,27,28)(H,30,31)/t12-,18+;17-,22+;2*14-,16-/m1000/s1. The predicted molar refractivity (Wildman–Crippen MR) is 493 cm³/mol. The molecule has 8 N–H and O–H groups in total. The molecule has 8 atom stereocenters. The van der Waals surface area contributed by atoms with E-state index in [-0.39, 0.29) is 137 Å². The number of aryl methyl sites for hydroxylation is 1.